The predicted molar refractivity (Wildman–Crippen MR) is 121 cm³/mol. The van der Waals surface area contributed by atoms with Gasteiger partial charge < -0.3 is 19.5 Å². The van der Waals surface area contributed by atoms with E-state index in [-0.39, 0.29) is 11.1 Å². The summed E-state index contributed by atoms with van der Waals surface area (Å²) in [5.74, 6) is 1.45. The molecule has 0 saturated carbocycles. The average molecular weight is 447 g/mol. The fraction of sp³-hybridized carbons (Fsp3) is 0.273. The molecular formula is C22H23ClN2O4S. The maximum atomic E-state index is 11.8. The smallest absolute Gasteiger partial charge is 0.264 e. The van der Waals surface area contributed by atoms with Crippen LogP contribution in [0.4, 0.5) is 0 Å². The van der Waals surface area contributed by atoms with Crippen molar-refractivity contribution in [2.75, 3.05) is 19.8 Å². The normalized spacial score (nSPS) is 14.7. The van der Waals surface area contributed by atoms with Crippen LogP contribution in [-0.2, 0) is 4.79 Å². The number of nitrogens with one attached hydrogen (secondary N) is 2. The highest BCUT2D eigenvalue weighted by Gasteiger charge is 2.22. The van der Waals surface area contributed by atoms with Crippen LogP contribution in [0.2, 0.25) is 5.02 Å². The van der Waals surface area contributed by atoms with E-state index in [0.717, 1.165) is 28.6 Å². The van der Waals surface area contributed by atoms with E-state index >= 15 is 0 Å². The largest absolute Gasteiger partial charge is 0.490 e. The molecule has 2 N–H and O–H groups in total. The van der Waals surface area contributed by atoms with Gasteiger partial charge in [0, 0.05) is 0 Å². The molecule has 0 bridgehead atoms. The minimum Gasteiger partial charge on any atom is -0.490 e. The first-order valence-corrected chi connectivity index (χ1v) is 10.7. The van der Waals surface area contributed by atoms with Crippen LogP contribution in [0.25, 0.3) is 6.08 Å². The number of ether oxygens (including phenoxy) is 3. The molecule has 0 spiro atoms. The maximum Gasteiger partial charge on any atom is 0.264 e. The minimum atomic E-state index is -0.303. The quantitative estimate of drug-likeness (QED) is 0.443. The fourth-order valence-electron chi connectivity index (χ4n) is 2.83. The third-order valence-electron chi connectivity index (χ3n) is 4.22. The van der Waals surface area contributed by atoms with Gasteiger partial charge in [-0.15, -0.1) is 0 Å². The van der Waals surface area contributed by atoms with Gasteiger partial charge in [-0.05, 0) is 73.5 Å². The van der Waals surface area contributed by atoms with Crippen LogP contribution < -0.4 is 19.5 Å². The summed E-state index contributed by atoms with van der Waals surface area (Å²) in [6, 6.07) is 9.52. The van der Waals surface area contributed by atoms with E-state index in [1.807, 2.05) is 39.0 Å². The first-order valence-electron chi connectivity index (χ1n) is 9.46. The second kappa shape index (κ2) is 9.91. The molecule has 3 rings (SSSR count). The highest BCUT2D eigenvalue weighted by molar-refractivity contribution is 8.18. The van der Waals surface area contributed by atoms with E-state index in [0.29, 0.717) is 46.8 Å². The molecule has 2 aromatic carbocycles. The first-order chi connectivity index (χ1) is 14.4. The van der Waals surface area contributed by atoms with Gasteiger partial charge in [-0.2, -0.15) is 0 Å². The number of amides is 1. The lowest BCUT2D eigenvalue weighted by atomic mass is 10.1. The number of carbonyl (C=O) groups excluding carboxylic acids is 1. The van der Waals surface area contributed by atoms with Crippen molar-refractivity contribution in [3.8, 4) is 17.2 Å². The van der Waals surface area contributed by atoms with Crippen molar-refractivity contribution in [2.45, 2.75) is 20.8 Å². The van der Waals surface area contributed by atoms with Crippen molar-refractivity contribution in [2.24, 2.45) is 0 Å². The molecule has 0 atom stereocenters. The number of hydrogen-bond acceptors (Lipinski definition) is 6. The molecule has 1 amide bonds. The molecule has 1 aliphatic rings. The number of aryl methyl sites for hydroxylation is 2. The van der Waals surface area contributed by atoms with E-state index in [4.69, 9.17) is 31.2 Å². The Labute approximate surface area is 185 Å². The summed E-state index contributed by atoms with van der Waals surface area (Å²) in [6.45, 7) is 6.97. The molecule has 1 aliphatic heterocycles. The molecule has 1 fully saturated rings. The van der Waals surface area contributed by atoms with Gasteiger partial charge in [-0.1, -0.05) is 23.7 Å². The van der Waals surface area contributed by atoms with Crippen molar-refractivity contribution >= 4 is 40.5 Å². The molecule has 6 nitrogen and oxygen atoms in total. The van der Waals surface area contributed by atoms with Crippen LogP contribution in [0.15, 0.2) is 35.2 Å². The molecule has 158 valence electrons. The number of rotatable bonds is 8. The molecule has 0 radical (unpaired) electrons. The molecule has 1 saturated heterocycles. The lowest BCUT2D eigenvalue weighted by Gasteiger charge is -2.15. The maximum absolute atomic E-state index is 11.8. The zero-order chi connectivity index (χ0) is 21.7. The van der Waals surface area contributed by atoms with Gasteiger partial charge in [0.05, 0.1) is 16.5 Å². The standard InChI is InChI=1S/C22H23ClN2O4S/c1-4-27-18-11-15(12-19-21(26)25-22(24)30-19)10-16(23)20(18)29-8-7-28-17-9-13(2)5-6-14(17)3/h5-6,9-12H,4,7-8H2,1-3H3,(H2,24,25,26)/b19-12-. The van der Waals surface area contributed by atoms with Crippen molar-refractivity contribution in [3.63, 3.8) is 0 Å². The molecule has 30 heavy (non-hydrogen) atoms. The highest BCUT2D eigenvalue weighted by atomic mass is 35.5. The van der Waals surface area contributed by atoms with Crippen molar-refractivity contribution < 1.29 is 19.0 Å². The average Bonchev–Trinajstić information content (AvgIpc) is 3.00. The number of benzene rings is 2. The Bertz CT molecular complexity index is 1010. The Morgan fingerprint density at radius 3 is 2.57 bits per heavy atom. The van der Waals surface area contributed by atoms with E-state index < -0.39 is 0 Å². The van der Waals surface area contributed by atoms with Crippen LogP contribution in [0.3, 0.4) is 0 Å². The highest BCUT2D eigenvalue weighted by Crippen LogP contribution is 2.38. The summed E-state index contributed by atoms with van der Waals surface area (Å²) >= 11 is 7.50. The Balaban J connectivity index is 1.71. The lowest BCUT2D eigenvalue weighted by Crippen LogP contribution is -2.18. The Hall–Kier alpha value is -2.64. The summed E-state index contributed by atoms with van der Waals surface area (Å²) in [4.78, 5) is 12.3. The van der Waals surface area contributed by atoms with Crippen LogP contribution in [0.5, 0.6) is 17.2 Å². The third-order valence-corrected chi connectivity index (χ3v) is 5.33. The van der Waals surface area contributed by atoms with Gasteiger partial charge in [0.1, 0.15) is 19.0 Å². The zero-order valence-corrected chi connectivity index (χ0v) is 18.6. The topological polar surface area (TPSA) is 80.6 Å². The third kappa shape index (κ3) is 5.49. The number of carbonyl (C=O) groups is 1. The van der Waals surface area contributed by atoms with Crippen molar-refractivity contribution in [1.82, 2.24) is 5.32 Å². The summed E-state index contributed by atoms with van der Waals surface area (Å²) in [6.07, 6.45) is 1.67. The summed E-state index contributed by atoms with van der Waals surface area (Å²) in [5, 5.41) is 10.5. The summed E-state index contributed by atoms with van der Waals surface area (Å²) in [5.41, 5.74) is 2.88. The number of hydrogen-bond donors (Lipinski definition) is 2. The molecule has 0 aliphatic carbocycles. The Morgan fingerprint density at radius 1 is 1.10 bits per heavy atom. The van der Waals surface area contributed by atoms with Crippen LogP contribution in [-0.4, -0.2) is 30.9 Å². The van der Waals surface area contributed by atoms with Crippen molar-refractivity contribution in [3.05, 3.63) is 56.9 Å². The number of amidine groups is 1. The summed E-state index contributed by atoms with van der Waals surface area (Å²) < 4.78 is 17.4. The van der Waals surface area contributed by atoms with Gasteiger partial charge in [-0.3, -0.25) is 10.2 Å². The van der Waals surface area contributed by atoms with Crippen LogP contribution >= 0.6 is 23.4 Å². The zero-order valence-electron chi connectivity index (χ0n) is 17.0. The van der Waals surface area contributed by atoms with E-state index in [9.17, 15) is 4.79 Å². The van der Waals surface area contributed by atoms with E-state index in [2.05, 4.69) is 5.32 Å². The lowest BCUT2D eigenvalue weighted by molar-refractivity contribution is -0.115. The van der Waals surface area contributed by atoms with Crippen LogP contribution in [0.1, 0.15) is 23.6 Å². The van der Waals surface area contributed by atoms with E-state index in [1.54, 1.807) is 18.2 Å². The van der Waals surface area contributed by atoms with Crippen LogP contribution in [0, 0.1) is 19.3 Å². The molecule has 2 aromatic rings. The predicted octanol–water partition coefficient (Wildman–Crippen LogP) is 4.95. The number of thioether (sulfide) groups is 1. The number of halogens is 1. The first kappa shape index (κ1) is 22.1. The molecular weight excluding hydrogens is 424 g/mol. The van der Waals surface area contributed by atoms with Gasteiger partial charge in [0.2, 0.25) is 0 Å². The molecule has 1 heterocycles. The second-order valence-electron chi connectivity index (χ2n) is 6.62. The summed E-state index contributed by atoms with van der Waals surface area (Å²) in [7, 11) is 0. The van der Waals surface area contributed by atoms with Gasteiger partial charge in [0.25, 0.3) is 5.91 Å². The van der Waals surface area contributed by atoms with Gasteiger partial charge in [0.15, 0.2) is 16.7 Å². The monoisotopic (exact) mass is 446 g/mol. The second-order valence-corrected chi connectivity index (χ2v) is 8.08. The minimum absolute atomic E-state index is 0.103. The van der Waals surface area contributed by atoms with Crippen molar-refractivity contribution in [1.29, 1.82) is 5.41 Å². The SMILES string of the molecule is CCOc1cc(/C=C2\SC(=N)NC2=O)cc(Cl)c1OCCOc1cc(C)ccc1C. The molecule has 0 aromatic heterocycles. The van der Waals surface area contributed by atoms with Gasteiger partial charge in [-0.25, -0.2) is 0 Å². The van der Waals surface area contributed by atoms with E-state index in [1.165, 1.54) is 0 Å². The fourth-order valence-corrected chi connectivity index (χ4v) is 3.80. The molecule has 8 heteroatoms. The Morgan fingerprint density at radius 2 is 1.87 bits per heavy atom. The van der Waals surface area contributed by atoms with Gasteiger partial charge >= 0.3 is 0 Å². The Kier molecular flexibility index (Phi) is 7.29. The molecule has 0 unspecified atom stereocenters.